The molecule has 0 amide bonds. The van der Waals surface area contributed by atoms with Crippen molar-refractivity contribution >= 4 is 32.5 Å². The van der Waals surface area contributed by atoms with Crippen molar-refractivity contribution in [2.24, 2.45) is 0 Å². The van der Waals surface area contributed by atoms with Crippen LogP contribution in [0.2, 0.25) is 0 Å². The summed E-state index contributed by atoms with van der Waals surface area (Å²) < 4.78 is 0.495. The van der Waals surface area contributed by atoms with E-state index in [0.29, 0.717) is 26.8 Å². The number of non-ortho nitro benzene ring substituents is 1. The molecule has 104 valence electrons. The summed E-state index contributed by atoms with van der Waals surface area (Å²) in [6.07, 6.45) is 0. The van der Waals surface area contributed by atoms with Crippen molar-refractivity contribution in [1.82, 2.24) is 9.97 Å². The minimum Gasteiger partial charge on any atom is -0.306 e. The average Bonchev–Trinajstić information content (AvgIpc) is 2.47. The molecule has 0 spiro atoms. The van der Waals surface area contributed by atoms with Gasteiger partial charge in [0.05, 0.1) is 15.8 Å². The number of nitrogens with one attached hydrogen (secondary N) is 1. The van der Waals surface area contributed by atoms with E-state index in [-0.39, 0.29) is 11.2 Å². The highest BCUT2D eigenvalue weighted by Crippen LogP contribution is 2.29. The first-order valence-electron chi connectivity index (χ1n) is 5.99. The third-order valence-corrected chi connectivity index (χ3v) is 3.69. The Labute approximate surface area is 126 Å². The molecule has 2 aromatic carbocycles. The lowest BCUT2D eigenvalue weighted by Crippen LogP contribution is -2.09. The molecular formula is C14H8BrN3O3. The Morgan fingerprint density at radius 1 is 1.19 bits per heavy atom. The summed E-state index contributed by atoms with van der Waals surface area (Å²) in [6, 6.07) is 11.3. The van der Waals surface area contributed by atoms with Crippen molar-refractivity contribution in [3.63, 3.8) is 0 Å². The maximum Gasteiger partial charge on any atom is 0.270 e. The van der Waals surface area contributed by atoms with E-state index in [2.05, 4.69) is 25.9 Å². The number of nitro benzene ring substituents is 1. The summed E-state index contributed by atoms with van der Waals surface area (Å²) in [5, 5.41) is 11.2. The Kier molecular flexibility index (Phi) is 3.26. The highest BCUT2D eigenvalue weighted by molar-refractivity contribution is 9.10. The molecular weight excluding hydrogens is 338 g/mol. The molecule has 3 aromatic rings. The van der Waals surface area contributed by atoms with E-state index in [9.17, 15) is 14.9 Å². The largest absolute Gasteiger partial charge is 0.306 e. The number of aromatic amines is 1. The van der Waals surface area contributed by atoms with Crippen LogP contribution in [-0.4, -0.2) is 14.9 Å². The van der Waals surface area contributed by atoms with Gasteiger partial charge in [0.2, 0.25) is 0 Å². The molecule has 0 radical (unpaired) electrons. The SMILES string of the molecule is O=c1[nH]c(-c2ccc([N+](=O)[O-])cc2Br)nc2ccccc12. The van der Waals surface area contributed by atoms with E-state index in [0.717, 1.165) is 0 Å². The Hall–Kier alpha value is -2.54. The smallest absolute Gasteiger partial charge is 0.270 e. The molecule has 0 aliphatic rings. The summed E-state index contributed by atoms with van der Waals surface area (Å²) in [7, 11) is 0. The van der Waals surface area contributed by atoms with E-state index >= 15 is 0 Å². The number of aromatic nitrogens is 2. The van der Waals surface area contributed by atoms with Gasteiger partial charge in [-0.25, -0.2) is 4.98 Å². The van der Waals surface area contributed by atoms with Gasteiger partial charge in [0, 0.05) is 22.2 Å². The van der Waals surface area contributed by atoms with Gasteiger partial charge in [0.1, 0.15) is 5.82 Å². The zero-order chi connectivity index (χ0) is 15.0. The molecule has 6 nitrogen and oxygen atoms in total. The maximum atomic E-state index is 12.0. The number of para-hydroxylation sites is 1. The topological polar surface area (TPSA) is 88.9 Å². The summed E-state index contributed by atoms with van der Waals surface area (Å²) in [6.45, 7) is 0. The molecule has 0 atom stereocenters. The minimum absolute atomic E-state index is 0.0336. The lowest BCUT2D eigenvalue weighted by atomic mass is 10.2. The van der Waals surface area contributed by atoms with Crippen LogP contribution in [0.4, 0.5) is 5.69 Å². The van der Waals surface area contributed by atoms with E-state index in [1.807, 2.05) is 0 Å². The Morgan fingerprint density at radius 3 is 2.67 bits per heavy atom. The Morgan fingerprint density at radius 2 is 1.95 bits per heavy atom. The van der Waals surface area contributed by atoms with Crippen molar-refractivity contribution in [2.75, 3.05) is 0 Å². The van der Waals surface area contributed by atoms with Crippen LogP contribution in [0.15, 0.2) is 51.7 Å². The Bertz CT molecular complexity index is 921. The van der Waals surface area contributed by atoms with Crippen molar-refractivity contribution < 1.29 is 4.92 Å². The van der Waals surface area contributed by atoms with Gasteiger partial charge in [-0.2, -0.15) is 0 Å². The van der Waals surface area contributed by atoms with Gasteiger partial charge < -0.3 is 4.98 Å². The van der Waals surface area contributed by atoms with Crippen LogP contribution in [0.3, 0.4) is 0 Å². The molecule has 21 heavy (non-hydrogen) atoms. The van der Waals surface area contributed by atoms with Gasteiger partial charge in [-0.05, 0) is 34.1 Å². The third kappa shape index (κ3) is 2.43. The molecule has 0 fully saturated rings. The van der Waals surface area contributed by atoms with Crippen molar-refractivity contribution in [3.05, 3.63) is 67.4 Å². The zero-order valence-electron chi connectivity index (χ0n) is 10.5. The standard InChI is InChI=1S/C14H8BrN3O3/c15-11-7-8(18(20)21)5-6-9(11)13-16-12-4-2-1-3-10(12)14(19)17-13/h1-7H,(H,16,17,19). The summed E-state index contributed by atoms with van der Waals surface area (Å²) in [5.41, 5.74) is 0.875. The first kappa shape index (κ1) is 13.4. The van der Waals surface area contributed by atoms with Crippen LogP contribution in [-0.2, 0) is 0 Å². The van der Waals surface area contributed by atoms with Crippen molar-refractivity contribution in [2.45, 2.75) is 0 Å². The fourth-order valence-corrected chi connectivity index (χ4v) is 2.58. The highest BCUT2D eigenvalue weighted by atomic mass is 79.9. The first-order valence-corrected chi connectivity index (χ1v) is 6.79. The van der Waals surface area contributed by atoms with Crippen LogP contribution in [0.25, 0.3) is 22.3 Å². The number of nitro groups is 1. The fraction of sp³-hybridized carbons (Fsp3) is 0. The van der Waals surface area contributed by atoms with Crippen LogP contribution in [0, 0.1) is 10.1 Å². The summed E-state index contributed by atoms with van der Waals surface area (Å²) in [4.78, 5) is 29.4. The molecule has 1 aromatic heterocycles. The van der Waals surface area contributed by atoms with Crippen molar-refractivity contribution in [3.8, 4) is 11.4 Å². The predicted octanol–water partition coefficient (Wildman–Crippen LogP) is 3.26. The van der Waals surface area contributed by atoms with Crippen LogP contribution < -0.4 is 5.56 Å². The number of hydrogen-bond donors (Lipinski definition) is 1. The molecule has 1 N–H and O–H groups in total. The second kappa shape index (κ2) is 5.10. The first-order chi connectivity index (χ1) is 10.1. The lowest BCUT2D eigenvalue weighted by Gasteiger charge is -2.05. The predicted molar refractivity (Wildman–Crippen MR) is 82.2 cm³/mol. The summed E-state index contributed by atoms with van der Waals surface area (Å²) in [5.74, 6) is 0.362. The van der Waals surface area contributed by atoms with Crippen molar-refractivity contribution in [1.29, 1.82) is 0 Å². The molecule has 0 aliphatic heterocycles. The molecule has 0 aliphatic carbocycles. The second-order valence-electron chi connectivity index (χ2n) is 4.35. The van der Waals surface area contributed by atoms with Gasteiger partial charge in [-0.1, -0.05) is 12.1 Å². The monoisotopic (exact) mass is 345 g/mol. The maximum absolute atomic E-state index is 12.0. The zero-order valence-corrected chi connectivity index (χ0v) is 12.1. The van der Waals surface area contributed by atoms with Gasteiger partial charge >= 0.3 is 0 Å². The lowest BCUT2D eigenvalue weighted by molar-refractivity contribution is -0.384. The van der Waals surface area contributed by atoms with E-state index in [4.69, 9.17) is 0 Å². The van der Waals surface area contributed by atoms with E-state index in [1.54, 1.807) is 30.3 Å². The fourth-order valence-electron chi connectivity index (χ4n) is 2.02. The van der Waals surface area contributed by atoms with Gasteiger partial charge in [0.15, 0.2) is 0 Å². The van der Waals surface area contributed by atoms with Gasteiger partial charge in [-0.3, -0.25) is 14.9 Å². The number of hydrogen-bond acceptors (Lipinski definition) is 4. The number of nitrogens with zero attached hydrogens (tertiary/aromatic N) is 2. The number of rotatable bonds is 2. The van der Waals surface area contributed by atoms with Crippen LogP contribution in [0.5, 0.6) is 0 Å². The average molecular weight is 346 g/mol. The number of fused-ring (bicyclic) bond motifs is 1. The van der Waals surface area contributed by atoms with Crippen LogP contribution in [0.1, 0.15) is 0 Å². The van der Waals surface area contributed by atoms with E-state index < -0.39 is 4.92 Å². The minimum atomic E-state index is -0.481. The number of benzene rings is 2. The third-order valence-electron chi connectivity index (χ3n) is 3.03. The molecule has 0 unspecified atom stereocenters. The highest BCUT2D eigenvalue weighted by Gasteiger charge is 2.13. The molecule has 7 heteroatoms. The quantitative estimate of drug-likeness (QED) is 0.570. The second-order valence-corrected chi connectivity index (χ2v) is 5.21. The molecule has 0 saturated heterocycles. The normalized spacial score (nSPS) is 10.7. The molecule has 0 saturated carbocycles. The Balaban J connectivity index is 2.21. The molecule has 0 bridgehead atoms. The van der Waals surface area contributed by atoms with Crippen LogP contribution >= 0.6 is 15.9 Å². The molecule has 1 heterocycles. The summed E-state index contributed by atoms with van der Waals surface area (Å²) >= 11 is 3.27. The molecule has 3 rings (SSSR count). The number of halogens is 1. The van der Waals surface area contributed by atoms with E-state index in [1.165, 1.54) is 12.1 Å². The number of H-pyrrole nitrogens is 1. The van der Waals surface area contributed by atoms with Gasteiger partial charge in [0.25, 0.3) is 11.2 Å². The van der Waals surface area contributed by atoms with Gasteiger partial charge in [-0.15, -0.1) is 0 Å².